The van der Waals surface area contributed by atoms with Crippen LogP contribution in [0.1, 0.15) is 46.5 Å². The molecule has 1 heterocycles. The third-order valence-corrected chi connectivity index (χ3v) is 4.66. The highest BCUT2D eigenvalue weighted by Gasteiger charge is 2.25. The third-order valence-electron chi connectivity index (χ3n) is 4.66. The number of hydrogen-bond donors (Lipinski definition) is 3. The number of aromatic nitrogens is 2. The van der Waals surface area contributed by atoms with Gasteiger partial charge in [-0.2, -0.15) is 5.10 Å². The molecule has 1 aromatic carbocycles. The summed E-state index contributed by atoms with van der Waals surface area (Å²) >= 11 is 0. The molecular formula is C19H22F2N4O4. The predicted molar refractivity (Wildman–Crippen MR) is 99.4 cm³/mol. The number of halogens is 2. The van der Waals surface area contributed by atoms with Gasteiger partial charge in [0.15, 0.2) is 5.69 Å². The standard InChI is InChI=1S/C19H22F2N4O4/c1-28-10-29-15-4-2-14(3-5-15)23-19(27)17-16(9-22-25-17)24-18(26)11-6-12(20)8-13(21)7-11/h6-9,14-15H,2-5,10H2,1H3,(H,22,25)(H,23,27)(H,24,26)/t14-,15-. The molecule has 10 heteroatoms. The summed E-state index contributed by atoms with van der Waals surface area (Å²) in [6.45, 7) is 0.243. The van der Waals surface area contributed by atoms with E-state index in [1.54, 1.807) is 7.11 Å². The van der Waals surface area contributed by atoms with Crippen LogP contribution in [0.3, 0.4) is 0 Å². The van der Waals surface area contributed by atoms with Gasteiger partial charge in [0.25, 0.3) is 11.8 Å². The molecule has 0 radical (unpaired) electrons. The molecule has 1 aliphatic carbocycles. The molecule has 1 aliphatic rings. The highest BCUT2D eigenvalue weighted by atomic mass is 19.1. The number of methoxy groups -OCH3 is 1. The zero-order valence-corrected chi connectivity index (χ0v) is 15.8. The molecule has 1 fully saturated rings. The number of anilines is 1. The van der Waals surface area contributed by atoms with E-state index in [1.807, 2.05) is 0 Å². The van der Waals surface area contributed by atoms with Crippen LogP contribution < -0.4 is 10.6 Å². The number of nitrogens with zero attached hydrogens (tertiary/aromatic N) is 1. The van der Waals surface area contributed by atoms with Crippen molar-refractivity contribution < 1.29 is 27.8 Å². The fraction of sp³-hybridized carbons (Fsp3) is 0.421. The number of H-pyrrole nitrogens is 1. The molecule has 1 saturated carbocycles. The van der Waals surface area contributed by atoms with Crippen LogP contribution >= 0.6 is 0 Å². The Morgan fingerprint density at radius 1 is 1.14 bits per heavy atom. The van der Waals surface area contributed by atoms with Crippen molar-refractivity contribution in [3.63, 3.8) is 0 Å². The van der Waals surface area contributed by atoms with Crippen molar-refractivity contribution in [3.05, 3.63) is 47.3 Å². The van der Waals surface area contributed by atoms with Crippen LogP contribution in [0.2, 0.25) is 0 Å². The molecule has 0 atom stereocenters. The first-order valence-electron chi connectivity index (χ1n) is 9.19. The number of carbonyl (C=O) groups is 2. The van der Waals surface area contributed by atoms with Gasteiger partial charge < -0.3 is 20.1 Å². The number of rotatable bonds is 7. The number of carbonyl (C=O) groups excluding carboxylic acids is 2. The monoisotopic (exact) mass is 408 g/mol. The number of benzene rings is 1. The maximum absolute atomic E-state index is 13.3. The number of nitrogens with one attached hydrogen (secondary N) is 3. The van der Waals surface area contributed by atoms with Crippen molar-refractivity contribution in [2.24, 2.45) is 0 Å². The van der Waals surface area contributed by atoms with Crippen molar-refractivity contribution in [2.75, 3.05) is 19.2 Å². The Hall–Kier alpha value is -2.85. The van der Waals surface area contributed by atoms with Crippen molar-refractivity contribution in [3.8, 4) is 0 Å². The first kappa shape index (κ1) is 20.9. The summed E-state index contributed by atoms with van der Waals surface area (Å²) in [6, 6.07) is 2.44. The molecule has 1 aromatic heterocycles. The Balaban J connectivity index is 1.58. The summed E-state index contributed by atoms with van der Waals surface area (Å²) in [5.41, 5.74) is -0.0910. The Morgan fingerprint density at radius 2 is 1.83 bits per heavy atom. The van der Waals surface area contributed by atoms with E-state index in [-0.39, 0.29) is 35.9 Å². The van der Waals surface area contributed by atoms with Crippen LogP contribution in [0.15, 0.2) is 24.4 Å². The lowest BCUT2D eigenvalue weighted by atomic mass is 9.93. The Labute approximate surface area is 166 Å². The maximum Gasteiger partial charge on any atom is 0.274 e. The zero-order valence-electron chi connectivity index (χ0n) is 15.8. The molecule has 3 N–H and O–H groups in total. The zero-order chi connectivity index (χ0) is 20.8. The molecule has 8 nitrogen and oxygen atoms in total. The van der Waals surface area contributed by atoms with Gasteiger partial charge in [0, 0.05) is 31.0 Å². The Morgan fingerprint density at radius 3 is 2.48 bits per heavy atom. The molecule has 2 amide bonds. The van der Waals surface area contributed by atoms with Gasteiger partial charge in [-0.05, 0) is 37.8 Å². The van der Waals surface area contributed by atoms with E-state index < -0.39 is 23.4 Å². The molecule has 2 aromatic rings. The molecule has 0 aliphatic heterocycles. The van der Waals surface area contributed by atoms with E-state index in [4.69, 9.17) is 9.47 Å². The Kier molecular flexibility index (Phi) is 6.89. The van der Waals surface area contributed by atoms with Gasteiger partial charge in [-0.15, -0.1) is 0 Å². The van der Waals surface area contributed by atoms with E-state index in [9.17, 15) is 18.4 Å². The normalized spacial score (nSPS) is 19.0. The van der Waals surface area contributed by atoms with Crippen LogP contribution in [-0.4, -0.2) is 48.1 Å². The summed E-state index contributed by atoms with van der Waals surface area (Å²) in [5.74, 6) is -2.95. The van der Waals surface area contributed by atoms with Crippen LogP contribution in [0.4, 0.5) is 14.5 Å². The number of aromatic amines is 1. The van der Waals surface area contributed by atoms with Crippen molar-refractivity contribution in [1.29, 1.82) is 0 Å². The van der Waals surface area contributed by atoms with Crippen LogP contribution in [0.5, 0.6) is 0 Å². The highest BCUT2D eigenvalue weighted by molar-refractivity contribution is 6.08. The fourth-order valence-electron chi connectivity index (χ4n) is 3.23. The van der Waals surface area contributed by atoms with Gasteiger partial charge in [0.05, 0.1) is 11.8 Å². The summed E-state index contributed by atoms with van der Waals surface area (Å²) in [4.78, 5) is 24.8. The Bertz CT molecular complexity index is 845. The molecule has 3 rings (SSSR count). The highest BCUT2D eigenvalue weighted by Crippen LogP contribution is 2.22. The van der Waals surface area contributed by atoms with Gasteiger partial charge in [0.1, 0.15) is 18.4 Å². The minimum Gasteiger partial charge on any atom is -0.359 e. The van der Waals surface area contributed by atoms with Crippen LogP contribution in [0, 0.1) is 11.6 Å². The van der Waals surface area contributed by atoms with Gasteiger partial charge in [-0.25, -0.2) is 8.78 Å². The molecule has 0 bridgehead atoms. The van der Waals surface area contributed by atoms with Crippen LogP contribution in [0.25, 0.3) is 0 Å². The quantitative estimate of drug-likeness (QED) is 0.611. The van der Waals surface area contributed by atoms with E-state index in [2.05, 4.69) is 20.8 Å². The maximum atomic E-state index is 13.3. The predicted octanol–water partition coefficient (Wildman–Crippen LogP) is 2.60. The van der Waals surface area contributed by atoms with Gasteiger partial charge in [0.2, 0.25) is 0 Å². The van der Waals surface area contributed by atoms with E-state index >= 15 is 0 Å². The van der Waals surface area contributed by atoms with Gasteiger partial charge in [-0.1, -0.05) is 0 Å². The van der Waals surface area contributed by atoms with Gasteiger partial charge in [-0.3, -0.25) is 14.7 Å². The molecule has 0 spiro atoms. The first-order chi connectivity index (χ1) is 14.0. The smallest absolute Gasteiger partial charge is 0.274 e. The molecule has 156 valence electrons. The van der Waals surface area contributed by atoms with E-state index in [1.165, 1.54) is 6.20 Å². The summed E-state index contributed by atoms with van der Waals surface area (Å²) in [7, 11) is 1.57. The minimum absolute atomic E-state index is 0.00650. The lowest BCUT2D eigenvalue weighted by Gasteiger charge is -2.28. The molecule has 0 saturated heterocycles. The lowest BCUT2D eigenvalue weighted by Crippen LogP contribution is -2.39. The average Bonchev–Trinajstić information content (AvgIpc) is 3.15. The topological polar surface area (TPSA) is 105 Å². The second kappa shape index (κ2) is 9.57. The van der Waals surface area contributed by atoms with Crippen LogP contribution in [-0.2, 0) is 9.47 Å². The van der Waals surface area contributed by atoms with Crippen molar-refractivity contribution in [1.82, 2.24) is 15.5 Å². The number of amides is 2. The molecule has 0 unspecified atom stereocenters. The fourth-order valence-corrected chi connectivity index (χ4v) is 3.23. The summed E-state index contributed by atoms with van der Waals surface area (Å²) in [6.07, 6.45) is 4.52. The third kappa shape index (κ3) is 5.58. The molecule has 29 heavy (non-hydrogen) atoms. The second-order valence-electron chi connectivity index (χ2n) is 6.78. The minimum atomic E-state index is -0.870. The van der Waals surface area contributed by atoms with E-state index in [0.29, 0.717) is 6.07 Å². The molecular weight excluding hydrogens is 386 g/mol. The first-order valence-corrected chi connectivity index (χ1v) is 9.19. The summed E-state index contributed by atoms with van der Waals surface area (Å²) < 4.78 is 37.0. The van der Waals surface area contributed by atoms with Gasteiger partial charge >= 0.3 is 0 Å². The van der Waals surface area contributed by atoms with E-state index in [0.717, 1.165) is 37.8 Å². The number of hydrogen-bond acceptors (Lipinski definition) is 5. The average molecular weight is 408 g/mol. The SMILES string of the molecule is COCO[C@H]1CC[C@H](NC(=O)c2n[nH]cc2NC(=O)c2cc(F)cc(F)c2)CC1. The lowest BCUT2D eigenvalue weighted by molar-refractivity contribution is -0.0837. The second-order valence-corrected chi connectivity index (χ2v) is 6.78. The largest absolute Gasteiger partial charge is 0.359 e. The summed E-state index contributed by atoms with van der Waals surface area (Å²) in [5, 5.41) is 11.7. The van der Waals surface area contributed by atoms with Crippen molar-refractivity contribution in [2.45, 2.75) is 37.8 Å². The number of ether oxygens (including phenoxy) is 2. The van der Waals surface area contributed by atoms with Crippen molar-refractivity contribution >= 4 is 17.5 Å².